The summed E-state index contributed by atoms with van der Waals surface area (Å²) in [7, 11) is 1.32. The van der Waals surface area contributed by atoms with Gasteiger partial charge in [0.1, 0.15) is 11.5 Å². The molecule has 0 atom stereocenters. The quantitative estimate of drug-likeness (QED) is 0.691. The predicted molar refractivity (Wildman–Crippen MR) is 82.5 cm³/mol. The van der Waals surface area contributed by atoms with Gasteiger partial charge in [0.05, 0.1) is 0 Å². The summed E-state index contributed by atoms with van der Waals surface area (Å²) in [5, 5.41) is 4.98. The summed E-state index contributed by atoms with van der Waals surface area (Å²) in [6.07, 6.45) is 0. The van der Waals surface area contributed by atoms with E-state index >= 15 is 0 Å². The minimum absolute atomic E-state index is 0.0926. The van der Waals surface area contributed by atoms with Crippen molar-refractivity contribution in [1.29, 1.82) is 0 Å². The molecule has 1 rings (SSSR count). The number of rotatable bonds is 4. The van der Waals surface area contributed by atoms with Gasteiger partial charge in [-0.15, -0.1) is 0 Å². The Kier molecular flexibility index (Phi) is 4.96. The van der Waals surface area contributed by atoms with Gasteiger partial charge in [-0.25, -0.2) is 9.59 Å². The zero-order chi connectivity index (χ0) is 16.3. The maximum atomic E-state index is 12.1. The molecule has 0 aliphatic rings. The van der Waals surface area contributed by atoms with Crippen LogP contribution in [0, 0.1) is 0 Å². The van der Waals surface area contributed by atoms with Crippen molar-refractivity contribution in [3.63, 3.8) is 0 Å². The lowest BCUT2D eigenvalue weighted by Crippen LogP contribution is -2.43. The first-order valence-corrected chi connectivity index (χ1v) is 6.46. The minimum Gasteiger partial charge on any atom is -0.383 e. The Morgan fingerprint density at radius 3 is 2.43 bits per heavy atom. The zero-order valence-corrected chi connectivity index (χ0v) is 12.7. The number of nitrogens with one attached hydrogen (secondary N) is 2. The number of hydrogen-bond acceptors (Lipinski definition) is 4. The number of allylic oxidation sites excluding steroid dienone is 1. The van der Waals surface area contributed by atoms with Crippen molar-refractivity contribution in [3.05, 3.63) is 33.0 Å². The molecule has 0 spiro atoms. The van der Waals surface area contributed by atoms with E-state index in [-0.39, 0.29) is 24.1 Å². The van der Waals surface area contributed by atoms with Gasteiger partial charge in [-0.3, -0.25) is 13.9 Å². The van der Waals surface area contributed by atoms with E-state index < -0.39 is 17.3 Å². The van der Waals surface area contributed by atoms with E-state index in [0.717, 1.165) is 4.57 Å². The van der Waals surface area contributed by atoms with Crippen LogP contribution in [0.1, 0.15) is 20.8 Å². The summed E-state index contributed by atoms with van der Waals surface area (Å²) in [5.41, 5.74) is 5.20. The first-order valence-electron chi connectivity index (χ1n) is 6.46. The molecule has 0 saturated heterocycles. The molecule has 0 radical (unpaired) electrons. The predicted octanol–water partition coefficient (Wildman–Crippen LogP) is 0.235. The Balaban J connectivity index is 3.36. The molecule has 0 bridgehead atoms. The van der Waals surface area contributed by atoms with Crippen LogP contribution in [0.4, 0.5) is 16.3 Å². The van der Waals surface area contributed by atoms with Gasteiger partial charge >= 0.3 is 11.7 Å². The van der Waals surface area contributed by atoms with Crippen molar-refractivity contribution < 1.29 is 4.79 Å². The van der Waals surface area contributed by atoms with E-state index in [1.807, 2.05) is 0 Å². The molecule has 0 saturated carbocycles. The molecule has 1 heterocycles. The first kappa shape index (κ1) is 16.5. The average Bonchev–Trinajstić information content (AvgIpc) is 2.36. The highest BCUT2D eigenvalue weighted by Crippen LogP contribution is 2.11. The van der Waals surface area contributed by atoms with Crippen LogP contribution in [0.2, 0.25) is 0 Å². The first-order chi connectivity index (χ1) is 9.65. The Morgan fingerprint density at radius 1 is 1.38 bits per heavy atom. The molecule has 0 unspecified atom stereocenters. The molecule has 0 aliphatic heterocycles. The lowest BCUT2D eigenvalue weighted by molar-refractivity contribution is 0.250. The van der Waals surface area contributed by atoms with Crippen molar-refractivity contribution in [1.82, 2.24) is 14.5 Å². The third-order valence-corrected chi connectivity index (χ3v) is 2.67. The van der Waals surface area contributed by atoms with Gasteiger partial charge in [-0.2, -0.15) is 0 Å². The summed E-state index contributed by atoms with van der Waals surface area (Å²) < 4.78 is 2.08. The Labute approximate surface area is 122 Å². The summed E-state index contributed by atoms with van der Waals surface area (Å²) in [4.78, 5) is 35.8. The van der Waals surface area contributed by atoms with Crippen LogP contribution in [-0.4, -0.2) is 21.2 Å². The second-order valence-corrected chi connectivity index (χ2v) is 5.20. The summed E-state index contributed by atoms with van der Waals surface area (Å²) >= 11 is 0. The monoisotopic (exact) mass is 295 g/mol. The Hall–Kier alpha value is -2.51. The molecule has 4 N–H and O–H groups in total. The Morgan fingerprint density at radius 2 is 1.95 bits per heavy atom. The highest BCUT2D eigenvalue weighted by Gasteiger charge is 2.17. The maximum absolute atomic E-state index is 12.1. The van der Waals surface area contributed by atoms with E-state index in [0.29, 0.717) is 5.57 Å². The van der Waals surface area contributed by atoms with Crippen LogP contribution in [0.25, 0.3) is 0 Å². The molecular formula is C13H21N5O3. The van der Waals surface area contributed by atoms with Crippen molar-refractivity contribution in [2.45, 2.75) is 33.4 Å². The number of carbonyl (C=O) groups excluding carboxylic acids is 1. The van der Waals surface area contributed by atoms with E-state index in [1.54, 1.807) is 20.8 Å². The number of nitrogens with zero attached hydrogens (tertiary/aromatic N) is 2. The lowest BCUT2D eigenvalue weighted by Gasteiger charge is -2.16. The zero-order valence-electron chi connectivity index (χ0n) is 12.7. The van der Waals surface area contributed by atoms with Gasteiger partial charge in [-0.05, 0) is 20.8 Å². The molecule has 116 valence electrons. The largest absolute Gasteiger partial charge is 0.383 e. The van der Waals surface area contributed by atoms with Gasteiger partial charge < -0.3 is 16.4 Å². The van der Waals surface area contributed by atoms with Gasteiger partial charge in [0.2, 0.25) is 0 Å². The number of anilines is 2. The van der Waals surface area contributed by atoms with Gasteiger partial charge in [0.25, 0.3) is 5.56 Å². The topological polar surface area (TPSA) is 111 Å². The number of nitrogen functional groups attached to an aromatic ring is 1. The number of hydrogen-bond donors (Lipinski definition) is 3. The van der Waals surface area contributed by atoms with Gasteiger partial charge in [0.15, 0.2) is 0 Å². The second kappa shape index (κ2) is 6.29. The lowest BCUT2D eigenvalue weighted by atomic mass is 10.3. The van der Waals surface area contributed by atoms with Crippen molar-refractivity contribution in [2.24, 2.45) is 7.05 Å². The molecule has 0 fully saturated rings. The van der Waals surface area contributed by atoms with Crippen molar-refractivity contribution in [3.8, 4) is 0 Å². The molecule has 8 nitrogen and oxygen atoms in total. The maximum Gasteiger partial charge on any atom is 0.332 e. The summed E-state index contributed by atoms with van der Waals surface area (Å²) in [6, 6.07) is -0.661. The fraction of sp³-hybridized carbons (Fsp3) is 0.462. The van der Waals surface area contributed by atoms with Crippen molar-refractivity contribution >= 4 is 17.5 Å². The van der Waals surface area contributed by atoms with E-state index in [4.69, 9.17) is 5.73 Å². The van der Waals surface area contributed by atoms with Crippen LogP contribution in [-0.2, 0) is 13.6 Å². The molecule has 1 aromatic rings. The van der Waals surface area contributed by atoms with E-state index in [9.17, 15) is 14.4 Å². The standard InChI is InChI=1S/C13H21N5O3/c1-7(2)6-18-10(14)9(11(19)17(5)13(18)21)16-12(20)15-8(3)4/h8H,1,6,14H2,2-5H3,(H2,15,16,20). The molecule has 8 heteroatoms. The van der Waals surface area contributed by atoms with Gasteiger partial charge in [0, 0.05) is 19.6 Å². The molecule has 0 aliphatic carbocycles. The van der Waals surface area contributed by atoms with E-state index in [1.165, 1.54) is 11.6 Å². The number of nitrogens with two attached hydrogens (primary N) is 1. The average molecular weight is 295 g/mol. The smallest absolute Gasteiger partial charge is 0.332 e. The van der Waals surface area contributed by atoms with Crippen LogP contribution in [0.5, 0.6) is 0 Å². The fourth-order valence-electron chi connectivity index (χ4n) is 1.74. The van der Waals surface area contributed by atoms with Crippen LogP contribution in [0.15, 0.2) is 21.7 Å². The van der Waals surface area contributed by atoms with Gasteiger partial charge in [-0.1, -0.05) is 12.2 Å². The number of urea groups is 1. The fourth-order valence-corrected chi connectivity index (χ4v) is 1.74. The summed E-state index contributed by atoms with van der Waals surface area (Å²) in [5.74, 6) is -0.0926. The van der Waals surface area contributed by atoms with Crippen LogP contribution >= 0.6 is 0 Å². The van der Waals surface area contributed by atoms with Crippen molar-refractivity contribution in [2.75, 3.05) is 11.1 Å². The van der Waals surface area contributed by atoms with Crippen LogP contribution in [0.3, 0.4) is 0 Å². The SMILES string of the molecule is C=C(C)Cn1c(N)c(NC(=O)NC(C)C)c(=O)n(C)c1=O. The number of amides is 2. The third kappa shape index (κ3) is 3.74. The third-order valence-electron chi connectivity index (χ3n) is 2.67. The molecule has 21 heavy (non-hydrogen) atoms. The molecular weight excluding hydrogens is 274 g/mol. The second-order valence-electron chi connectivity index (χ2n) is 5.20. The van der Waals surface area contributed by atoms with E-state index in [2.05, 4.69) is 17.2 Å². The molecule has 2 amide bonds. The Bertz CT molecular complexity index is 684. The molecule has 1 aromatic heterocycles. The number of carbonyl (C=O) groups is 1. The molecule has 0 aromatic carbocycles. The normalized spacial score (nSPS) is 10.5. The highest BCUT2D eigenvalue weighted by atomic mass is 16.2. The summed E-state index contributed by atoms with van der Waals surface area (Å²) in [6.45, 7) is 9.17. The number of aromatic nitrogens is 2. The minimum atomic E-state index is -0.658. The highest BCUT2D eigenvalue weighted by molar-refractivity contribution is 5.91. The van der Waals surface area contributed by atoms with Crippen LogP contribution < -0.4 is 27.6 Å².